The molecule has 0 radical (unpaired) electrons. The van der Waals surface area contributed by atoms with Crippen LogP contribution in [-0.4, -0.2) is 49.6 Å². The van der Waals surface area contributed by atoms with E-state index in [2.05, 4.69) is 4.72 Å². The number of nitrogens with one attached hydrogen (secondary N) is 1. The molecule has 1 aliphatic heterocycles. The molecule has 1 saturated heterocycles. The zero-order valence-electron chi connectivity index (χ0n) is 12.7. The van der Waals surface area contributed by atoms with Crippen LogP contribution in [0.4, 0.5) is 10.1 Å². The van der Waals surface area contributed by atoms with Gasteiger partial charge in [0.2, 0.25) is 10.0 Å². The zero-order chi connectivity index (χ0) is 17.4. The van der Waals surface area contributed by atoms with Gasteiger partial charge in [0.25, 0.3) is 5.91 Å². The van der Waals surface area contributed by atoms with Crippen molar-refractivity contribution in [2.24, 2.45) is 5.41 Å². The average molecular weight is 344 g/mol. The third kappa shape index (κ3) is 3.79. The van der Waals surface area contributed by atoms with Crippen molar-refractivity contribution in [2.75, 3.05) is 24.1 Å². The molecular formula is C14H17FN2O5S. The summed E-state index contributed by atoms with van der Waals surface area (Å²) < 4.78 is 38.4. The Labute approximate surface area is 133 Å². The third-order valence-corrected chi connectivity index (χ3v) is 4.37. The second kappa shape index (κ2) is 5.80. The highest BCUT2D eigenvalue weighted by Gasteiger charge is 2.42. The maximum Gasteiger partial charge on any atom is 0.311 e. The lowest BCUT2D eigenvalue weighted by atomic mass is 9.90. The van der Waals surface area contributed by atoms with Crippen LogP contribution in [-0.2, 0) is 14.8 Å². The second-order valence-electron chi connectivity index (χ2n) is 5.91. The first-order chi connectivity index (χ1) is 10.5. The summed E-state index contributed by atoms with van der Waals surface area (Å²) >= 11 is 0. The fourth-order valence-corrected chi connectivity index (χ4v) is 3.04. The minimum absolute atomic E-state index is 0.0179. The summed E-state index contributed by atoms with van der Waals surface area (Å²) in [5.41, 5.74) is -1.25. The number of amides is 1. The van der Waals surface area contributed by atoms with Crippen molar-refractivity contribution in [3.05, 3.63) is 29.6 Å². The van der Waals surface area contributed by atoms with E-state index >= 15 is 0 Å². The Morgan fingerprint density at radius 2 is 2.04 bits per heavy atom. The van der Waals surface area contributed by atoms with Gasteiger partial charge in [-0.25, -0.2) is 12.8 Å². The number of nitrogens with zero attached hydrogens (tertiary/aromatic N) is 1. The van der Waals surface area contributed by atoms with Crippen molar-refractivity contribution in [1.29, 1.82) is 0 Å². The second-order valence-corrected chi connectivity index (χ2v) is 7.66. The highest BCUT2D eigenvalue weighted by molar-refractivity contribution is 7.92. The monoisotopic (exact) mass is 344 g/mol. The number of carbonyl (C=O) groups excluding carboxylic acids is 1. The summed E-state index contributed by atoms with van der Waals surface area (Å²) in [6, 6.07) is 3.14. The van der Waals surface area contributed by atoms with E-state index in [1.165, 1.54) is 11.8 Å². The van der Waals surface area contributed by atoms with E-state index < -0.39 is 33.1 Å². The molecule has 0 aliphatic carbocycles. The van der Waals surface area contributed by atoms with E-state index in [0.29, 0.717) is 0 Å². The third-order valence-electron chi connectivity index (χ3n) is 3.78. The van der Waals surface area contributed by atoms with Gasteiger partial charge < -0.3 is 10.0 Å². The number of anilines is 1. The number of hydrogen-bond donors (Lipinski definition) is 2. The Bertz CT molecular complexity index is 764. The summed E-state index contributed by atoms with van der Waals surface area (Å²) in [4.78, 5) is 25.1. The van der Waals surface area contributed by atoms with Crippen molar-refractivity contribution >= 4 is 27.6 Å². The molecule has 1 aromatic carbocycles. The largest absolute Gasteiger partial charge is 0.481 e. The van der Waals surface area contributed by atoms with Gasteiger partial charge in [-0.3, -0.25) is 14.3 Å². The van der Waals surface area contributed by atoms with E-state index in [1.807, 2.05) is 0 Å². The lowest BCUT2D eigenvalue weighted by molar-refractivity contribution is -0.147. The molecule has 1 aliphatic rings. The van der Waals surface area contributed by atoms with Gasteiger partial charge in [-0.15, -0.1) is 0 Å². The van der Waals surface area contributed by atoms with Crippen LogP contribution in [0.5, 0.6) is 0 Å². The topological polar surface area (TPSA) is 104 Å². The van der Waals surface area contributed by atoms with Crippen LogP contribution in [0, 0.1) is 11.2 Å². The first kappa shape index (κ1) is 17.2. The van der Waals surface area contributed by atoms with Crippen molar-refractivity contribution in [3.63, 3.8) is 0 Å². The number of benzene rings is 1. The lowest BCUT2D eigenvalue weighted by Gasteiger charge is -2.21. The van der Waals surface area contributed by atoms with E-state index in [-0.39, 0.29) is 30.8 Å². The van der Waals surface area contributed by atoms with Crippen molar-refractivity contribution in [3.8, 4) is 0 Å². The fraction of sp³-hybridized carbons (Fsp3) is 0.429. The first-order valence-corrected chi connectivity index (χ1v) is 8.71. The number of sulfonamides is 1. The van der Waals surface area contributed by atoms with E-state index in [9.17, 15) is 27.5 Å². The molecule has 1 amide bonds. The maximum absolute atomic E-state index is 13.5. The molecule has 9 heteroatoms. The first-order valence-electron chi connectivity index (χ1n) is 6.82. The highest BCUT2D eigenvalue weighted by Crippen LogP contribution is 2.32. The number of carbonyl (C=O) groups is 2. The van der Waals surface area contributed by atoms with Gasteiger partial charge in [0.15, 0.2) is 0 Å². The summed E-state index contributed by atoms with van der Waals surface area (Å²) in [6.07, 6.45) is 1.19. The Kier molecular flexibility index (Phi) is 4.34. The Balaban J connectivity index is 2.33. The highest BCUT2D eigenvalue weighted by atomic mass is 32.2. The van der Waals surface area contributed by atoms with Crippen LogP contribution >= 0.6 is 0 Å². The van der Waals surface area contributed by atoms with Crippen LogP contribution < -0.4 is 4.72 Å². The number of likely N-dealkylation sites (tertiary alicyclic amines) is 1. The molecule has 126 valence electrons. The zero-order valence-corrected chi connectivity index (χ0v) is 13.5. The number of carboxylic acid groups (broad SMARTS) is 1. The molecule has 2 rings (SSSR count). The number of aliphatic carboxylic acids is 1. The Morgan fingerprint density at radius 1 is 1.39 bits per heavy atom. The minimum Gasteiger partial charge on any atom is -0.481 e. The molecule has 2 N–H and O–H groups in total. The summed E-state index contributed by atoms with van der Waals surface area (Å²) in [6.45, 7) is 1.72. The van der Waals surface area contributed by atoms with Gasteiger partial charge >= 0.3 is 5.97 Å². The van der Waals surface area contributed by atoms with Gasteiger partial charge in [0, 0.05) is 13.1 Å². The van der Waals surface area contributed by atoms with Gasteiger partial charge in [-0.05, 0) is 31.5 Å². The van der Waals surface area contributed by atoms with E-state index in [1.54, 1.807) is 0 Å². The fourth-order valence-electron chi connectivity index (χ4n) is 2.46. The van der Waals surface area contributed by atoms with Crippen molar-refractivity contribution in [2.45, 2.75) is 13.3 Å². The molecule has 1 atom stereocenters. The standard InChI is InChI=1S/C14H17FN2O5S/c1-14(13(19)20)5-6-17(8-14)12(18)10-7-9(15)3-4-11(10)16-23(2,21)22/h3-4,7,16H,5-6,8H2,1-2H3,(H,19,20). The SMILES string of the molecule is CC1(C(=O)O)CCN(C(=O)c2cc(F)ccc2NS(C)(=O)=O)C1. The van der Waals surface area contributed by atoms with Gasteiger partial charge in [0.1, 0.15) is 5.82 Å². The predicted octanol–water partition coefficient (Wildman–Crippen LogP) is 1.13. The normalized spacial score (nSPS) is 21.3. The van der Waals surface area contributed by atoms with Gasteiger partial charge in [-0.2, -0.15) is 0 Å². The average Bonchev–Trinajstić information content (AvgIpc) is 2.83. The van der Waals surface area contributed by atoms with Crippen molar-refractivity contribution in [1.82, 2.24) is 4.90 Å². The molecular weight excluding hydrogens is 327 g/mol. The van der Waals surface area contributed by atoms with Crippen LogP contribution in [0.25, 0.3) is 0 Å². The van der Waals surface area contributed by atoms with Gasteiger partial charge in [-0.1, -0.05) is 0 Å². The molecule has 0 saturated carbocycles. The van der Waals surface area contributed by atoms with Crippen LogP contribution in [0.3, 0.4) is 0 Å². The quantitative estimate of drug-likeness (QED) is 0.852. The molecule has 0 aromatic heterocycles. The molecule has 23 heavy (non-hydrogen) atoms. The molecule has 1 fully saturated rings. The summed E-state index contributed by atoms with van der Waals surface area (Å²) in [5, 5.41) is 9.20. The number of halogens is 1. The van der Waals surface area contributed by atoms with Crippen LogP contribution in [0.1, 0.15) is 23.7 Å². The maximum atomic E-state index is 13.5. The van der Waals surface area contributed by atoms with Gasteiger partial charge in [0.05, 0.1) is 22.9 Å². The van der Waals surface area contributed by atoms with E-state index in [4.69, 9.17) is 0 Å². The molecule has 0 spiro atoms. The smallest absolute Gasteiger partial charge is 0.311 e. The van der Waals surface area contributed by atoms with E-state index in [0.717, 1.165) is 24.5 Å². The lowest BCUT2D eigenvalue weighted by Crippen LogP contribution is -2.35. The summed E-state index contributed by atoms with van der Waals surface area (Å²) in [7, 11) is -3.64. The molecule has 1 unspecified atom stereocenters. The molecule has 1 aromatic rings. The number of hydrogen-bond acceptors (Lipinski definition) is 4. The van der Waals surface area contributed by atoms with Crippen LogP contribution in [0.15, 0.2) is 18.2 Å². The minimum atomic E-state index is -3.64. The Hall–Kier alpha value is -2.16. The summed E-state index contributed by atoms with van der Waals surface area (Å²) in [5.74, 6) is -2.31. The van der Waals surface area contributed by atoms with Crippen LogP contribution in [0.2, 0.25) is 0 Å². The Morgan fingerprint density at radius 3 is 2.57 bits per heavy atom. The molecule has 7 nitrogen and oxygen atoms in total. The number of rotatable bonds is 4. The molecule has 0 bridgehead atoms. The number of carboxylic acids is 1. The predicted molar refractivity (Wildman–Crippen MR) is 81.1 cm³/mol. The molecule has 1 heterocycles. The van der Waals surface area contributed by atoms with Crippen molar-refractivity contribution < 1.29 is 27.5 Å².